The number of aliphatic hydroxyl groups excluding tert-OH is 2. The van der Waals surface area contributed by atoms with E-state index in [1.807, 2.05) is 33.1 Å². The normalized spacial score (nSPS) is 15.1. The number of hydrogen-bond donors (Lipinski definition) is 4. The van der Waals surface area contributed by atoms with Gasteiger partial charge in [0.1, 0.15) is 39.4 Å². The van der Waals surface area contributed by atoms with Gasteiger partial charge in [-0.2, -0.15) is 0 Å². The first-order chi connectivity index (χ1) is 23.2. The van der Waals surface area contributed by atoms with Gasteiger partial charge in [-0.3, -0.25) is 23.0 Å². The molecule has 49 heavy (non-hydrogen) atoms. The molecule has 0 fully saturated rings. The molecule has 15 heteroatoms. The number of aliphatic hydroxyl groups is 2. The van der Waals surface area contributed by atoms with E-state index < -0.39 is 15.6 Å². The fraction of sp³-hybridized carbons (Fsp3) is 1.00. The lowest BCUT2D eigenvalue weighted by Crippen LogP contribution is -2.44. The largest absolute Gasteiger partial charge is 0.472 e. The summed E-state index contributed by atoms with van der Waals surface area (Å²) in [4.78, 5) is 22.3. The number of quaternary nitrogens is 2. The first kappa shape index (κ1) is 49.0. The Balaban J connectivity index is 4.52. The summed E-state index contributed by atoms with van der Waals surface area (Å²) in [5.41, 5.74) is 0. The molecular formula is C34H77N3O10P2+2. The maximum absolute atomic E-state index is 12.4. The monoisotopic (exact) mass is 750 g/mol. The molecule has 0 aliphatic carbocycles. The van der Waals surface area contributed by atoms with Crippen LogP contribution in [0.25, 0.3) is 0 Å². The Labute approximate surface area is 299 Å². The van der Waals surface area contributed by atoms with E-state index in [4.69, 9.17) is 28.3 Å². The van der Waals surface area contributed by atoms with E-state index in [0.29, 0.717) is 54.8 Å². The van der Waals surface area contributed by atoms with Crippen LogP contribution >= 0.6 is 15.6 Å². The lowest BCUT2D eigenvalue weighted by molar-refractivity contribution is -0.890. The summed E-state index contributed by atoms with van der Waals surface area (Å²) in [7, 11) is -0.917. The molecule has 0 amide bonds. The predicted octanol–water partition coefficient (Wildman–Crippen LogP) is 5.95. The maximum Gasteiger partial charge on any atom is 0.472 e. The first-order valence-corrected chi connectivity index (χ1v) is 22.0. The van der Waals surface area contributed by atoms with Crippen molar-refractivity contribution in [3.05, 3.63) is 0 Å². The van der Waals surface area contributed by atoms with Gasteiger partial charge in [-0.25, -0.2) is 9.13 Å². The molecular weight excluding hydrogens is 672 g/mol. The number of likely N-dealkylation sites (N-methyl/N-ethyl adjacent to an activating group) is 2. The zero-order chi connectivity index (χ0) is 36.9. The third kappa shape index (κ3) is 32.4. The van der Waals surface area contributed by atoms with E-state index in [1.54, 1.807) is 0 Å². The minimum atomic E-state index is -4.25. The third-order valence-corrected chi connectivity index (χ3v) is 11.0. The van der Waals surface area contributed by atoms with Gasteiger partial charge in [-0.1, -0.05) is 103 Å². The molecule has 0 rings (SSSR count). The second-order valence-electron chi connectivity index (χ2n) is 14.6. The summed E-state index contributed by atoms with van der Waals surface area (Å²) < 4.78 is 46.5. The van der Waals surface area contributed by atoms with Crippen LogP contribution in [0, 0.1) is 0 Å². The van der Waals surface area contributed by atoms with Crippen LogP contribution in [0.1, 0.15) is 110 Å². The van der Waals surface area contributed by atoms with Crippen LogP contribution in [0.2, 0.25) is 0 Å². The van der Waals surface area contributed by atoms with Crippen LogP contribution in [-0.2, 0) is 27.2 Å². The summed E-state index contributed by atoms with van der Waals surface area (Å²) in [6.07, 6.45) is 20.5. The standard InChI is InChI=1S/C34H75N3O10P2/c1-6-7-8-9-10-11-12-13-14-15-16-17-18-19-20-21-22-35(23-31-44-48(40,41)46-33-27-36(2,3)25-29-38)24-32-45-49(42,43)47-34-28-37(4,5)26-30-39/h38-39H,6-34H2,1-5H3/p+2. The summed E-state index contributed by atoms with van der Waals surface area (Å²) in [6.45, 7) is 5.45. The fourth-order valence-electron chi connectivity index (χ4n) is 5.44. The van der Waals surface area contributed by atoms with E-state index in [1.165, 1.54) is 83.5 Å². The smallest absolute Gasteiger partial charge is 0.391 e. The van der Waals surface area contributed by atoms with Crippen molar-refractivity contribution >= 4 is 15.6 Å². The van der Waals surface area contributed by atoms with Crippen molar-refractivity contribution in [2.45, 2.75) is 110 Å². The Bertz CT molecular complexity index is 820. The quantitative estimate of drug-likeness (QED) is 0.0338. The molecule has 0 aromatic rings. The van der Waals surface area contributed by atoms with Gasteiger partial charge in [0.05, 0.1) is 54.6 Å². The molecule has 0 saturated carbocycles. The Morgan fingerprint density at radius 2 is 0.776 bits per heavy atom. The number of nitrogens with zero attached hydrogens (tertiary/aromatic N) is 3. The molecule has 4 N–H and O–H groups in total. The lowest BCUT2D eigenvalue weighted by atomic mass is 10.0. The molecule has 0 aromatic heterocycles. The number of hydrogen-bond acceptors (Lipinski definition) is 9. The SMILES string of the molecule is CCCCCCCCCCCCCCCCCCN(CCOP(=O)(O)OCC[N+](C)(C)CCO)CCOP(=O)(O)OCC[N+](C)(C)CCO. The lowest BCUT2D eigenvalue weighted by Gasteiger charge is -2.29. The van der Waals surface area contributed by atoms with E-state index >= 15 is 0 Å². The van der Waals surface area contributed by atoms with Gasteiger partial charge in [0.15, 0.2) is 0 Å². The molecule has 0 aliphatic rings. The Morgan fingerprint density at radius 1 is 0.469 bits per heavy atom. The highest BCUT2D eigenvalue weighted by Gasteiger charge is 2.26. The van der Waals surface area contributed by atoms with E-state index in [-0.39, 0.29) is 39.6 Å². The van der Waals surface area contributed by atoms with Crippen molar-refractivity contribution in [2.24, 2.45) is 0 Å². The van der Waals surface area contributed by atoms with Gasteiger partial charge in [0.2, 0.25) is 0 Å². The Kier molecular flexibility index (Phi) is 29.5. The highest BCUT2D eigenvalue weighted by Crippen LogP contribution is 2.43. The summed E-state index contributed by atoms with van der Waals surface area (Å²) >= 11 is 0. The van der Waals surface area contributed by atoms with Crippen LogP contribution in [0.5, 0.6) is 0 Å². The molecule has 0 heterocycles. The van der Waals surface area contributed by atoms with Gasteiger partial charge in [-0.15, -0.1) is 0 Å². The summed E-state index contributed by atoms with van der Waals surface area (Å²) in [5.74, 6) is 0. The molecule has 296 valence electrons. The summed E-state index contributed by atoms with van der Waals surface area (Å²) in [5, 5.41) is 18.3. The Hall–Kier alpha value is 0.0200. The van der Waals surface area contributed by atoms with Gasteiger partial charge in [-0.05, 0) is 13.0 Å². The fourth-order valence-corrected chi connectivity index (χ4v) is 6.83. The van der Waals surface area contributed by atoms with E-state index in [2.05, 4.69) is 6.92 Å². The first-order valence-electron chi connectivity index (χ1n) is 19.0. The van der Waals surface area contributed by atoms with Crippen LogP contribution in [0.4, 0.5) is 0 Å². The van der Waals surface area contributed by atoms with Crippen molar-refractivity contribution in [3.63, 3.8) is 0 Å². The van der Waals surface area contributed by atoms with Gasteiger partial charge in [0, 0.05) is 13.1 Å². The molecule has 0 aliphatic heterocycles. The van der Waals surface area contributed by atoms with Crippen molar-refractivity contribution in [1.82, 2.24) is 4.90 Å². The van der Waals surface area contributed by atoms with Crippen LogP contribution < -0.4 is 0 Å². The van der Waals surface area contributed by atoms with Crippen molar-refractivity contribution in [2.75, 3.05) is 114 Å². The van der Waals surface area contributed by atoms with Crippen molar-refractivity contribution in [3.8, 4) is 0 Å². The molecule has 0 spiro atoms. The molecule has 0 saturated heterocycles. The zero-order valence-corrected chi connectivity index (χ0v) is 33.8. The average molecular weight is 750 g/mol. The minimum absolute atomic E-state index is 0.0131. The van der Waals surface area contributed by atoms with Gasteiger partial charge in [0.25, 0.3) is 0 Å². The van der Waals surface area contributed by atoms with Crippen LogP contribution in [0.15, 0.2) is 0 Å². The highest BCUT2D eigenvalue weighted by atomic mass is 31.2. The van der Waals surface area contributed by atoms with Crippen molar-refractivity contribution < 1.29 is 56.2 Å². The molecule has 0 bridgehead atoms. The van der Waals surface area contributed by atoms with Crippen molar-refractivity contribution in [1.29, 1.82) is 0 Å². The molecule has 2 unspecified atom stereocenters. The second kappa shape index (κ2) is 29.5. The van der Waals surface area contributed by atoms with Gasteiger partial charge < -0.3 is 29.0 Å². The predicted molar refractivity (Wildman–Crippen MR) is 197 cm³/mol. The zero-order valence-electron chi connectivity index (χ0n) is 32.0. The molecule has 13 nitrogen and oxygen atoms in total. The number of unbranched alkanes of at least 4 members (excludes halogenated alkanes) is 15. The van der Waals surface area contributed by atoms with Crippen LogP contribution in [0.3, 0.4) is 0 Å². The number of rotatable bonds is 37. The van der Waals surface area contributed by atoms with E-state index in [0.717, 1.165) is 19.3 Å². The second-order valence-corrected chi connectivity index (χ2v) is 17.5. The van der Waals surface area contributed by atoms with E-state index in [9.17, 15) is 18.9 Å². The Morgan fingerprint density at radius 3 is 1.10 bits per heavy atom. The molecule has 2 atom stereocenters. The minimum Gasteiger partial charge on any atom is -0.391 e. The molecule has 0 aromatic carbocycles. The average Bonchev–Trinajstić information content (AvgIpc) is 2.99. The number of phosphoric ester groups is 2. The van der Waals surface area contributed by atoms with Gasteiger partial charge >= 0.3 is 15.6 Å². The third-order valence-electron chi connectivity index (χ3n) is 8.96. The summed E-state index contributed by atoms with van der Waals surface area (Å²) in [6, 6.07) is 0. The molecule has 0 radical (unpaired) electrons. The number of phosphoric acid groups is 2. The van der Waals surface area contributed by atoms with Crippen LogP contribution in [-0.4, -0.2) is 148 Å². The highest BCUT2D eigenvalue weighted by molar-refractivity contribution is 7.47. The maximum atomic E-state index is 12.4. The topological polar surface area (TPSA) is 155 Å².